The Morgan fingerprint density at radius 2 is 1.81 bits per heavy atom. The number of ether oxygens (including phenoxy) is 1. The molecule has 1 saturated heterocycles. The SMILES string of the molecule is Cc1cccc2nc(NC(=O)c3cccc(C(F)(F)F)c3)n([C@H]3CCCCN(C(=O)OC(C)(C)C)C3)c12. The van der Waals surface area contributed by atoms with E-state index >= 15 is 0 Å². The van der Waals surface area contributed by atoms with Gasteiger partial charge >= 0.3 is 12.3 Å². The van der Waals surface area contributed by atoms with Gasteiger partial charge in [0.2, 0.25) is 5.95 Å². The Morgan fingerprint density at radius 3 is 2.51 bits per heavy atom. The highest BCUT2D eigenvalue weighted by atomic mass is 19.4. The zero-order valence-corrected chi connectivity index (χ0v) is 21.4. The third kappa shape index (κ3) is 6.06. The summed E-state index contributed by atoms with van der Waals surface area (Å²) in [6, 6.07) is 9.66. The average molecular weight is 517 g/mol. The van der Waals surface area contributed by atoms with Crippen LogP contribution in [0.25, 0.3) is 11.0 Å². The maximum Gasteiger partial charge on any atom is 0.416 e. The van der Waals surface area contributed by atoms with Crippen molar-refractivity contribution in [1.82, 2.24) is 14.5 Å². The molecule has 7 nitrogen and oxygen atoms in total. The Morgan fingerprint density at radius 1 is 1.08 bits per heavy atom. The predicted octanol–water partition coefficient (Wildman–Crippen LogP) is 6.58. The van der Waals surface area contributed by atoms with Crippen LogP contribution in [0.2, 0.25) is 0 Å². The summed E-state index contributed by atoms with van der Waals surface area (Å²) in [5.41, 5.74) is 0.715. The van der Waals surface area contributed by atoms with E-state index in [1.165, 1.54) is 12.1 Å². The molecule has 1 aliphatic rings. The third-order valence-electron chi connectivity index (χ3n) is 6.25. The number of aryl methyl sites for hydroxylation is 1. The Balaban J connectivity index is 1.71. The first-order valence-electron chi connectivity index (χ1n) is 12.3. The first kappa shape index (κ1) is 26.5. The molecule has 10 heteroatoms. The van der Waals surface area contributed by atoms with Gasteiger partial charge in [0.25, 0.3) is 5.91 Å². The number of carbonyl (C=O) groups excluding carboxylic acids is 2. The minimum Gasteiger partial charge on any atom is -0.444 e. The van der Waals surface area contributed by atoms with Gasteiger partial charge in [-0.1, -0.05) is 18.2 Å². The molecule has 0 bridgehead atoms. The van der Waals surface area contributed by atoms with Crippen LogP contribution in [0, 0.1) is 6.92 Å². The molecule has 0 spiro atoms. The van der Waals surface area contributed by atoms with E-state index in [9.17, 15) is 22.8 Å². The van der Waals surface area contributed by atoms with Crippen molar-refractivity contribution in [2.24, 2.45) is 0 Å². The number of carbonyl (C=O) groups is 2. The molecule has 1 aliphatic heterocycles. The van der Waals surface area contributed by atoms with Crippen LogP contribution >= 0.6 is 0 Å². The molecule has 37 heavy (non-hydrogen) atoms. The van der Waals surface area contributed by atoms with Gasteiger partial charge in [0.05, 0.1) is 22.6 Å². The summed E-state index contributed by atoms with van der Waals surface area (Å²) < 4.78 is 47.1. The number of rotatable bonds is 3. The van der Waals surface area contributed by atoms with E-state index in [4.69, 9.17) is 4.74 Å². The lowest BCUT2D eigenvalue weighted by Crippen LogP contribution is -2.39. The molecule has 2 aromatic carbocycles. The lowest BCUT2D eigenvalue weighted by molar-refractivity contribution is -0.137. The number of nitrogens with zero attached hydrogens (tertiary/aromatic N) is 3. The number of likely N-dealkylation sites (tertiary alicyclic amines) is 1. The summed E-state index contributed by atoms with van der Waals surface area (Å²) in [7, 11) is 0. The van der Waals surface area contributed by atoms with Crippen molar-refractivity contribution in [2.45, 2.75) is 64.8 Å². The highest BCUT2D eigenvalue weighted by molar-refractivity contribution is 6.04. The van der Waals surface area contributed by atoms with Crippen molar-refractivity contribution >= 4 is 29.0 Å². The van der Waals surface area contributed by atoms with Crippen LogP contribution in [-0.2, 0) is 10.9 Å². The number of para-hydroxylation sites is 1. The van der Waals surface area contributed by atoms with Crippen LogP contribution in [0.15, 0.2) is 42.5 Å². The molecule has 0 aliphatic carbocycles. The molecular weight excluding hydrogens is 485 g/mol. The summed E-state index contributed by atoms with van der Waals surface area (Å²) in [5.74, 6) is -0.472. The van der Waals surface area contributed by atoms with Crippen LogP contribution in [0.4, 0.5) is 23.9 Å². The van der Waals surface area contributed by atoms with Gasteiger partial charge in [-0.2, -0.15) is 13.2 Å². The summed E-state index contributed by atoms with van der Waals surface area (Å²) in [6.45, 7) is 8.27. The lowest BCUT2D eigenvalue weighted by Gasteiger charge is -2.29. The molecule has 2 heterocycles. The van der Waals surface area contributed by atoms with Crippen molar-refractivity contribution < 1.29 is 27.5 Å². The van der Waals surface area contributed by atoms with Gasteiger partial charge in [0.1, 0.15) is 5.60 Å². The zero-order valence-electron chi connectivity index (χ0n) is 21.4. The number of fused-ring (bicyclic) bond motifs is 1. The molecule has 4 rings (SSSR count). The fourth-order valence-corrected chi connectivity index (χ4v) is 4.60. The highest BCUT2D eigenvalue weighted by Gasteiger charge is 2.32. The largest absolute Gasteiger partial charge is 0.444 e. The molecule has 0 unspecified atom stereocenters. The van der Waals surface area contributed by atoms with Gasteiger partial charge in [0.15, 0.2) is 0 Å². The van der Waals surface area contributed by atoms with Crippen LogP contribution in [0.3, 0.4) is 0 Å². The molecule has 1 atom stereocenters. The number of nitrogens with one attached hydrogen (secondary N) is 1. The first-order chi connectivity index (χ1) is 17.3. The van der Waals surface area contributed by atoms with Gasteiger partial charge in [0, 0.05) is 18.7 Å². The van der Waals surface area contributed by atoms with Crippen molar-refractivity contribution in [2.75, 3.05) is 18.4 Å². The van der Waals surface area contributed by atoms with E-state index in [-0.39, 0.29) is 17.6 Å². The van der Waals surface area contributed by atoms with Gasteiger partial charge in [-0.25, -0.2) is 9.78 Å². The topological polar surface area (TPSA) is 76.5 Å². The van der Waals surface area contributed by atoms with Crippen LogP contribution < -0.4 is 5.32 Å². The maximum atomic E-state index is 13.2. The van der Waals surface area contributed by atoms with E-state index in [2.05, 4.69) is 10.3 Å². The van der Waals surface area contributed by atoms with Crippen molar-refractivity contribution in [1.29, 1.82) is 0 Å². The number of hydrogen-bond donors (Lipinski definition) is 1. The van der Waals surface area contributed by atoms with Crippen LogP contribution in [0.5, 0.6) is 0 Å². The van der Waals surface area contributed by atoms with Gasteiger partial charge in [-0.15, -0.1) is 0 Å². The Bertz CT molecular complexity index is 1310. The molecule has 1 fully saturated rings. The van der Waals surface area contributed by atoms with E-state index in [0.717, 1.165) is 42.5 Å². The monoisotopic (exact) mass is 516 g/mol. The number of benzene rings is 2. The number of halogens is 3. The van der Waals surface area contributed by atoms with Crippen molar-refractivity contribution in [3.05, 3.63) is 59.2 Å². The quantitative estimate of drug-likeness (QED) is 0.427. The molecule has 0 radical (unpaired) electrons. The fraction of sp³-hybridized carbons (Fsp3) is 0.444. The second kappa shape index (κ2) is 10.1. The van der Waals surface area contributed by atoms with Crippen LogP contribution in [0.1, 0.15) is 67.6 Å². The maximum absolute atomic E-state index is 13.2. The minimum atomic E-state index is -4.56. The van der Waals surface area contributed by atoms with Gasteiger partial charge in [-0.05, 0) is 76.8 Å². The Hall–Kier alpha value is -3.56. The lowest BCUT2D eigenvalue weighted by atomic mass is 10.1. The van der Waals surface area contributed by atoms with E-state index < -0.39 is 29.3 Å². The second-order valence-electron chi connectivity index (χ2n) is 10.4. The van der Waals surface area contributed by atoms with E-state index in [1.807, 2.05) is 50.5 Å². The average Bonchev–Trinajstić information content (AvgIpc) is 2.99. The smallest absolute Gasteiger partial charge is 0.416 e. The molecule has 198 valence electrons. The third-order valence-corrected chi connectivity index (χ3v) is 6.25. The predicted molar refractivity (Wildman–Crippen MR) is 135 cm³/mol. The van der Waals surface area contributed by atoms with E-state index in [0.29, 0.717) is 18.6 Å². The van der Waals surface area contributed by atoms with Gasteiger partial charge in [-0.3, -0.25) is 10.1 Å². The summed E-state index contributed by atoms with van der Waals surface area (Å²) >= 11 is 0. The molecule has 1 aromatic heterocycles. The number of imidazole rings is 1. The molecule has 1 N–H and O–H groups in total. The summed E-state index contributed by atoms with van der Waals surface area (Å²) in [5, 5.41) is 2.73. The standard InChI is InChI=1S/C27H31F3N4O3/c1-17-9-7-13-21-22(17)34(20-12-5-6-14-33(16-20)25(36)37-26(2,3)4)24(31-21)32-23(35)18-10-8-11-19(15-18)27(28,29)30/h7-11,13,15,20H,5-6,12,14,16H2,1-4H3,(H,31,32,35)/t20-/m0/s1. The normalized spacial score (nSPS) is 16.9. The van der Waals surface area contributed by atoms with E-state index in [1.54, 1.807) is 4.90 Å². The second-order valence-corrected chi connectivity index (χ2v) is 10.4. The zero-order chi connectivity index (χ0) is 27.0. The number of hydrogen-bond acceptors (Lipinski definition) is 4. The fourth-order valence-electron chi connectivity index (χ4n) is 4.60. The van der Waals surface area contributed by atoms with Gasteiger partial charge < -0.3 is 14.2 Å². The Kier molecular flexibility index (Phi) is 7.21. The number of aromatic nitrogens is 2. The number of amides is 2. The van der Waals surface area contributed by atoms with Crippen LogP contribution in [-0.4, -0.2) is 45.1 Å². The molecular formula is C27H31F3N4O3. The summed E-state index contributed by atoms with van der Waals surface area (Å²) in [4.78, 5) is 32.3. The van der Waals surface area contributed by atoms with Crippen molar-refractivity contribution in [3.8, 4) is 0 Å². The molecule has 3 aromatic rings. The number of alkyl halides is 3. The van der Waals surface area contributed by atoms with Crippen molar-refractivity contribution in [3.63, 3.8) is 0 Å². The Labute approximate surface area is 213 Å². The minimum absolute atomic E-state index is 0.124. The molecule has 2 amide bonds. The number of anilines is 1. The molecule has 0 saturated carbocycles. The first-order valence-corrected chi connectivity index (χ1v) is 12.3. The summed E-state index contributed by atoms with van der Waals surface area (Å²) in [6.07, 6.45) is -2.60. The highest BCUT2D eigenvalue weighted by Crippen LogP contribution is 2.33.